The lowest BCUT2D eigenvalue weighted by molar-refractivity contribution is -0.138. The van der Waals surface area contributed by atoms with Crippen LogP contribution < -0.4 is 5.32 Å². The number of rotatable bonds is 5. The molecule has 0 aliphatic heterocycles. The molecule has 0 atom stereocenters. The molecule has 2 rings (SSSR count). The van der Waals surface area contributed by atoms with Gasteiger partial charge in [-0.15, -0.1) is 0 Å². The fourth-order valence-corrected chi connectivity index (χ4v) is 1.70. The van der Waals surface area contributed by atoms with Gasteiger partial charge in [0.05, 0.1) is 20.3 Å². The summed E-state index contributed by atoms with van der Waals surface area (Å²) >= 11 is 0. The van der Waals surface area contributed by atoms with E-state index in [-0.39, 0.29) is 5.70 Å². The first-order chi connectivity index (χ1) is 11.0. The zero-order valence-corrected chi connectivity index (χ0v) is 12.8. The van der Waals surface area contributed by atoms with Crippen LogP contribution in [0.15, 0.2) is 40.6 Å². The molecule has 2 aromatic rings. The molecule has 120 valence electrons. The summed E-state index contributed by atoms with van der Waals surface area (Å²) in [5.74, 6) is -0.425. The van der Waals surface area contributed by atoms with E-state index in [2.05, 4.69) is 24.9 Å². The van der Waals surface area contributed by atoms with Crippen molar-refractivity contribution >= 4 is 17.6 Å². The molecular weight excluding hydrogens is 302 g/mol. The Labute approximate surface area is 132 Å². The van der Waals surface area contributed by atoms with Crippen LogP contribution in [0.25, 0.3) is 11.5 Å². The van der Waals surface area contributed by atoms with E-state index in [1.807, 2.05) is 0 Å². The second-order valence-electron chi connectivity index (χ2n) is 4.42. The van der Waals surface area contributed by atoms with Gasteiger partial charge in [-0.1, -0.05) is 5.16 Å². The van der Waals surface area contributed by atoms with Gasteiger partial charge in [0.1, 0.15) is 5.70 Å². The molecule has 8 heteroatoms. The number of nitrogens with one attached hydrogen (secondary N) is 1. The average molecular weight is 317 g/mol. The highest BCUT2D eigenvalue weighted by atomic mass is 16.5. The summed E-state index contributed by atoms with van der Waals surface area (Å²) < 4.78 is 14.2. The Morgan fingerprint density at radius 3 is 2.39 bits per heavy atom. The van der Waals surface area contributed by atoms with Crippen molar-refractivity contribution in [1.82, 2.24) is 10.1 Å². The molecule has 0 unspecified atom stereocenters. The van der Waals surface area contributed by atoms with Crippen molar-refractivity contribution in [3.63, 3.8) is 0 Å². The van der Waals surface area contributed by atoms with Crippen LogP contribution in [0, 0.1) is 6.92 Å². The molecule has 23 heavy (non-hydrogen) atoms. The first kappa shape index (κ1) is 16.2. The molecule has 1 N–H and O–H groups in total. The minimum atomic E-state index is -0.688. The topological polar surface area (TPSA) is 104 Å². The van der Waals surface area contributed by atoms with Gasteiger partial charge in [0.15, 0.2) is 5.82 Å². The average Bonchev–Trinajstić information content (AvgIpc) is 3.00. The van der Waals surface area contributed by atoms with E-state index in [9.17, 15) is 9.59 Å². The summed E-state index contributed by atoms with van der Waals surface area (Å²) in [5.41, 5.74) is 1.26. The predicted molar refractivity (Wildman–Crippen MR) is 80.2 cm³/mol. The molecule has 0 saturated heterocycles. The molecule has 0 saturated carbocycles. The second kappa shape index (κ2) is 7.21. The Balaban J connectivity index is 2.19. The second-order valence-corrected chi connectivity index (χ2v) is 4.42. The fourth-order valence-electron chi connectivity index (χ4n) is 1.70. The highest BCUT2D eigenvalue weighted by Gasteiger charge is 2.13. The van der Waals surface area contributed by atoms with E-state index in [1.165, 1.54) is 14.2 Å². The number of anilines is 1. The van der Waals surface area contributed by atoms with Crippen molar-refractivity contribution in [3.8, 4) is 11.5 Å². The number of carbonyl (C=O) groups is 2. The number of hydrogen-bond donors (Lipinski definition) is 1. The summed E-state index contributed by atoms with van der Waals surface area (Å²) in [6, 6.07) is 6.87. The lowest BCUT2D eigenvalue weighted by atomic mass is 10.2. The number of esters is 2. The minimum Gasteiger partial charge on any atom is -0.466 e. The highest BCUT2D eigenvalue weighted by molar-refractivity contribution is 5.98. The zero-order chi connectivity index (χ0) is 16.8. The van der Waals surface area contributed by atoms with Crippen LogP contribution in [0.1, 0.15) is 5.82 Å². The van der Waals surface area contributed by atoms with E-state index in [4.69, 9.17) is 4.52 Å². The first-order valence-corrected chi connectivity index (χ1v) is 6.59. The molecular formula is C15H15N3O5. The molecule has 0 spiro atoms. The number of aryl methyl sites for hydroxylation is 1. The summed E-state index contributed by atoms with van der Waals surface area (Å²) in [6.45, 7) is 1.73. The number of aromatic nitrogens is 2. The van der Waals surface area contributed by atoms with Gasteiger partial charge in [-0.3, -0.25) is 0 Å². The summed E-state index contributed by atoms with van der Waals surface area (Å²) in [6.07, 6.45) is 1.01. The summed E-state index contributed by atoms with van der Waals surface area (Å²) in [7, 11) is 2.44. The molecule has 0 aliphatic rings. The van der Waals surface area contributed by atoms with E-state index >= 15 is 0 Å². The maximum absolute atomic E-state index is 11.7. The van der Waals surface area contributed by atoms with Crippen LogP contribution in [0.4, 0.5) is 5.69 Å². The van der Waals surface area contributed by atoms with Gasteiger partial charge < -0.3 is 19.3 Å². The largest absolute Gasteiger partial charge is 0.466 e. The normalized spacial score (nSPS) is 11.0. The number of carbonyl (C=O) groups excluding carboxylic acids is 2. The van der Waals surface area contributed by atoms with Crippen LogP contribution in [-0.2, 0) is 19.1 Å². The molecule has 0 amide bonds. The molecule has 0 aliphatic carbocycles. The Morgan fingerprint density at radius 1 is 1.17 bits per heavy atom. The number of hydrogen-bond acceptors (Lipinski definition) is 8. The van der Waals surface area contributed by atoms with Crippen molar-refractivity contribution in [1.29, 1.82) is 0 Å². The van der Waals surface area contributed by atoms with Gasteiger partial charge in [0, 0.05) is 11.3 Å². The lowest BCUT2D eigenvalue weighted by Crippen LogP contribution is -2.15. The number of nitrogens with zero attached hydrogens (tertiary/aromatic N) is 2. The molecule has 0 radical (unpaired) electrons. The minimum absolute atomic E-state index is 0.0410. The van der Waals surface area contributed by atoms with E-state index < -0.39 is 11.9 Å². The SMILES string of the molecule is COC(=O)/C=C(/Nc1ccc(-c2nc(C)no2)cc1)C(=O)OC. The van der Waals surface area contributed by atoms with Crippen molar-refractivity contribution in [2.75, 3.05) is 19.5 Å². The fraction of sp³-hybridized carbons (Fsp3) is 0.200. The molecule has 0 fully saturated rings. The Kier molecular flexibility index (Phi) is 5.08. The van der Waals surface area contributed by atoms with E-state index in [1.54, 1.807) is 31.2 Å². The Hall–Kier alpha value is -3.16. The Bertz CT molecular complexity index is 734. The van der Waals surface area contributed by atoms with Crippen molar-refractivity contribution < 1.29 is 23.6 Å². The van der Waals surface area contributed by atoms with Crippen LogP contribution >= 0.6 is 0 Å². The number of benzene rings is 1. The molecule has 1 aromatic carbocycles. The lowest BCUT2D eigenvalue weighted by Gasteiger charge is -2.09. The standard InChI is InChI=1S/C15H15N3O5/c1-9-16-14(23-18-9)10-4-6-11(7-5-10)17-12(15(20)22-3)8-13(19)21-2/h4-8,17H,1-3H3/b12-8+. The third-order valence-electron chi connectivity index (χ3n) is 2.81. The molecule has 1 heterocycles. The molecule has 1 aromatic heterocycles. The van der Waals surface area contributed by atoms with Gasteiger partial charge in [-0.25, -0.2) is 9.59 Å². The van der Waals surface area contributed by atoms with Gasteiger partial charge in [0.2, 0.25) is 0 Å². The van der Waals surface area contributed by atoms with E-state index in [0.717, 1.165) is 11.6 Å². The van der Waals surface area contributed by atoms with Crippen molar-refractivity contribution in [2.24, 2.45) is 0 Å². The van der Waals surface area contributed by atoms with Gasteiger partial charge in [0.25, 0.3) is 5.89 Å². The monoisotopic (exact) mass is 317 g/mol. The van der Waals surface area contributed by atoms with E-state index in [0.29, 0.717) is 17.4 Å². The van der Waals surface area contributed by atoms with Crippen LogP contribution in [0.2, 0.25) is 0 Å². The van der Waals surface area contributed by atoms with Gasteiger partial charge in [-0.05, 0) is 31.2 Å². The third kappa shape index (κ3) is 4.16. The van der Waals surface area contributed by atoms with Crippen molar-refractivity contribution in [3.05, 3.63) is 41.9 Å². The number of ether oxygens (including phenoxy) is 2. The third-order valence-corrected chi connectivity index (χ3v) is 2.81. The summed E-state index contributed by atoms with van der Waals surface area (Å²) in [5, 5.41) is 6.51. The van der Waals surface area contributed by atoms with Gasteiger partial charge in [-0.2, -0.15) is 4.98 Å². The maximum atomic E-state index is 11.7. The Morgan fingerprint density at radius 2 is 1.87 bits per heavy atom. The van der Waals surface area contributed by atoms with Crippen LogP contribution in [0.3, 0.4) is 0 Å². The molecule has 0 bridgehead atoms. The maximum Gasteiger partial charge on any atom is 0.354 e. The van der Waals surface area contributed by atoms with Crippen molar-refractivity contribution in [2.45, 2.75) is 6.92 Å². The van der Waals surface area contributed by atoms with Gasteiger partial charge >= 0.3 is 11.9 Å². The zero-order valence-electron chi connectivity index (χ0n) is 12.8. The summed E-state index contributed by atoms with van der Waals surface area (Å²) in [4.78, 5) is 27.1. The first-order valence-electron chi connectivity index (χ1n) is 6.59. The van der Waals surface area contributed by atoms with Crippen LogP contribution in [0.5, 0.6) is 0 Å². The highest BCUT2D eigenvalue weighted by Crippen LogP contribution is 2.20. The quantitative estimate of drug-likeness (QED) is 0.656. The number of methoxy groups -OCH3 is 2. The predicted octanol–water partition coefficient (Wildman–Crippen LogP) is 1.69. The van der Waals surface area contributed by atoms with Crippen LogP contribution in [-0.4, -0.2) is 36.3 Å². The smallest absolute Gasteiger partial charge is 0.354 e. The molecule has 8 nitrogen and oxygen atoms in total.